The van der Waals surface area contributed by atoms with Crippen LogP contribution in [0.15, 0.2) is 0 Å². The zero-order valence-electron chi connectivity index (χ0n) is 10.4. The number of hydrogen-bond donors (Lipinski definition) is 1. The Hall–Kier alpha value is -0.320. The lowest BCUT2D eigenvalue weighted by Crippen LogP contribution is -2.53. The molecule has 2 N–H and O–H groups in total. The van der Waals surface area contributed by atoms with Gasteiger partial charge in [-0.25, -0.2) is 0 Å². The van der Waals surface area contributed by atoms with E-state index >= 15 is 0 Å². The van der Waals surface area contributed by atoms with E-state index in [0.717, 1.165) is 32.2 Å². The topological polar surface area (TPSA) is 49.6 Å². The van der Waals surface area contributed by atoms with Gasteiger partial charge in [-0.1, -0.05) is 19.3 Å². The predicted molar refractivity (Wildman–Crippen MR) is 71.3 cm³/mol. The van der Waals surface area contributed by atoms with E-state index in [1.807, 2.05) is 4.90 Å². The Kier molecular flexibility index (Phi) is 6.23. The second kappa shape index (κ2) is 7.19. The van der Waals surface area contributed by atoms with E-state index < -0.39 is 0 Å². The van der Waals surface area contributed by atoms with Crippen LogP contribution < -0.4 is 5.73 Å². The molecule has 1 saturated carbocycles. The normalized spacial score (nSPS) is 23.2. The number of nitrogens with two attached hydrogens (primary N) is 1. The molecule has 1 heterocycles. The summed E-state index contributed by atoms with van der Waals surface area (Å²) in [6.07, 6.45) is 6.87. The largest absolute Gasteiger partial charge is 0.339 e. The van der Waals surface area contributed by atoms with Crippen molar-refractivity contribution in [2.24, 2.45) is 5.73 Å². The van der Waals surface area contributed by atoms with Gasteiger partial charge in [0.2, 0.25) is 5.91 Å². The smallest absolute Gasteiger partial charge is 0.236 e. The standard InChI is InChI=1S/C12H23N3O.ClH/c13-10-12(16)15-8-6-14(7-9-15)11-4-2-1-3-5-11;/h11H,1-10,13H2;1H. The minimum atomic E-state index is 0. The van der Waals surface area contributed by atoms with Crippen molar-refractivity contribution in [3.63, 3.8) is 0 Å². The van der Waals surface area contributed by atoms with E-state index in [1.165, 1.54) is 32.1 Å². The molecule has 100 valence electrons. The van der Waals surface area contributed by atoms with Crippen molar-refractivity contribution in [2.75, 3.05) is 32.7 Å². The van der Waals surface area contributed by atoms with Crippen molar-refractivity contribution in [2.45, 2.75) is 38.1 Å². The highest BCUT2D eigenvalue weighted by Gasteiger charge is 2.26. The summed E-state index contributed by atoms with van der Waals surface area (Å²) in [5.74, 6) is 0.100. The summed E-state index contributed by atoms with van der Waals surface area (Å²) in [5.41, 5.74) is 5.38. The predicted octanol–water partition coefficient (Wildman–Crippen LogP) is 0.844. The molecule has 0 unspecified atom stereocenters. The molecule has 0 atom stereocenters. The fourth-order valence-electron chi connectivity index (χ4n) is 2.91. The molecule has 2 fully saturated rings. The average Bonchev–Trinajstić information content (AvgIpc) is 2.39. The number of amides is 1. The molecule has 5 heteroatoms. The van der Waals surface area contributed by atoms with Crippen LogP contribution in [-0.2, 0) is 4.79 Å². The maximum atomic E-state index is 11.4. The number of nitrogens with zero attached hydrogens (tertiary/aromatic N) is 2. The molecule has 1 aliphatic carbocycles. The van der Waals surface area contributed by atoms with E-state index in [0.29, 0.717) is 0 Å². The number of halogens is 1. The third-order valence-electron chi connectivity index (χ3n) is 3.93. The molecule has 1 saturated heterocycles. The minimum absolute atomic E-state index is 0. The van der Waals surface area contributed by atoms with Crippen LogP contribution in [0.3, 0.4) is 0 Å². The number of hydrogen-bond acceptors (Lipinski definition) is 3. The van der Waals surface area contributed by atoms with Crippen molar-refractivity contribution in [1.82, 2.24) is 9.80 Å². The van der Waals surface area contributed by atoms with Crippen LogP contribution in [0, 0.1) is 0 Å². The van der Waals surface area contributed by atoms with Crippen molar-refractivity contribution < 1.29 is 4.79 Å². The summed E-state index contributed by atoms with van der Waals surface area (Å²) in [4.78, 5) is 15.9. The summed E-state index contributed by atoms with van der Waals surface area (Å²) >= 11 is 0. The van der Waals surface area contributed by atoms with Crippen LogP contribution in [-0.4, -0.2) is 54.5 Å². The van der Waals surface area contributed by atoms with Crippen molar-refractivity contribution in [3.05, 3.63) is 0 Å². The lowest BCUT2D eigenvalue weighted by Gasteiger charge is -2.40. The van der Waals surface area contributed by atoms with Crippen LogP contribution in [0.2, 0.25) is 0 Å². The monoisotopic (exact) mass is 261 g/mol. The first kappa shape index (κ1) is 14.7. The molecule has 0 radical (unpaired) electrons. The second-order valence-corrected chi connectivity index (χ2v) is 4.91. The zero-order chi connectivity index (χ0) is 11.4. The molecule has 0 aromatic heterocycles. The number of piperazine rings is 1. The molecule has 17 heavy (non-hydrogen) atoms. The van der Waals surface area contributed by atoms with Gasteiger partial charge >= 0.3 is 0 Å². The minimum Gasteiger partial charge on any atom is -0.339 e. The number of rotatable bonds is 2. The van der Waals surface area contributed by atoms with Crippen LogP contribution in [0.5, 0.6) is 0 Å². The first-order valence-corrected chi connectivity index (χ1v) is 6.53. The third-order valence-corrected chi connectivity index (χ3v) is 3.93. The van der Waals surface area contributed by atoms with Gasteiger partial charge < -0.3 is 10.6 Å². The van der Waals surface area contributed by atoms with Crippen LogP contribution in [0.25, 0.3) is 0 Å². The quantitative estimate of drug-likeness (QED) is 0.802. The Morgan fingerprint density at radius 2 is 1.65 bits per heavy atom. The van der Waals surface area contributed by atoms with Gasteiger partial charge in [0.25, 0.3) is 0 Å². The highest BCUT2D eigenvalue weighted by atomic mass is 35.5. The van der Waals surface area contributed by atoms with E-state index in [4.69, 9.17) is 5.73 Å². The van der Waals surface area contributed by atoms with E-state index in [1.54, 1.807) is 0 Å². The second-order valence-electron chi connectivity index (χ2n) is 4.91. The Morgan fingerprint density at radius 3 is 2.18 bits per heavy atom. The molecule has 4 nitrogen and oxygen atoms in total. The molecular formula is C12H24ClN3O. The fourth-order valence-corrected chi connectivity index (χ4v) is 2.91. The van der Waals surface area contributed by atoms with Gasteiger partial charge in [0, 0.05) is 32.2 Å². The maximum Gasteiger partial charge on any atom is 0.236 e. The highest BCUT2D eigenvalue weighted by molar-refractivity contribution is 5.85. The third kappa shape index (κ3) is 3.83. The molecular weight excluding hydrogens is 238 g/mol. The summed E-state index contributed by atoms with van der Waals surface area (Å²) < 4.78 is 0. The van der Waals surface area contributed by atoms with Crippen molar-refractivity contribution in [3.8, 4) is 0 Å². The first-order chi connectivity index (χ1) is 7.81. The van der Waals surface area contributed by atoms with Gasteiger partial charge in [-0.05, 0) is 12.8 Å². The lowest BCUT2D eigenvalue weighted by atomic mass is 9.94. The van der Waals surface area contributed by atoms with E-state index in [9.17, 15) is 4.79 Å². The summed E-state index contributed by atoms with van der Waals surface area (Å²) in [5, 5.41) is 0. The molecule has 2 aliphatic rings. The Morgan fingerprint density at radius 1 is 1.06 bits per heavy atom. The Labute approximate surface area is 110 Å². The van der Waals surface area contributed by atoms with Crippen LogP contribution >= 0.6 is 12.4 Å². The van der Waals surface area contributed by atoms with Gasteiger partial charge in [-0.15, -0.1) is 12.4 Å². The Balaban J connectivity index is 0.00000144. The van der Waals surface area contributed by atoms with Gasteiger partial charge in [0.05, 0.1) is 6.54 Å². The Bertz CT molecular complexity index is 236. The molecule has 1 aliphatic heterocycles. The van der Waals surface area contributed by atoms with Gasteiger partial charge in [0.15, 0.2) is 0 Å². The zero-order valence-corrected chi connectivity index (χ0v) is 11.3. The molecule has 1 amide bonds. The fraction of sp³-hybridized carbons (Fsp3) is 0.917. The number of carbonyl (C=O) groups excluding carboxylic acids is 1. The molecule has 2 rings (SSSR count). The van der Waals surface area contributed by atoms with Gasteiger partial charge in [0.1, 0.15) is 0 Å². The molecule has 0 spiro atoms. The SMILES string of the molecule is Cl.NCC(=O)N1CCN(C2CCCCC2)CC1. The highest BCUT2D eigenvalue weighted by Crippen LogP contribution is 2.23. The summed E-state index contributed by atoms with van der Waals surface area (Å²) in [7, 11) is 0. The van der Waals surface area contributed by atoms with Crippen LogP contribution in [0.4, 0.5) is 0 Å². The maximum absolute atomic E-state index is 11.4. The van der Waals surface area contributed by atoms with Gasteiger partial charge in [-0.3, -0.25) is 9.69 Å². The summed E-state index contributed by atoms with van der Waals surface area (Å²) in [6, 6.07) is 0.781. The molecule has 0 aromatic carbocycles. The molecule has 0 aromatic rings. The lowest BCUT2D eigenvalue weighted by molar-refractivity contribution is -0.131. The molecule has 0 bridgehead atoms. The van der Waals surface area contributed by atoms with Gasteiger partial charge in [-0.2, -0.15) is 0 Å². The first-order valence-electron chi connectivity index (χ1n) is 6.53. The summed E-state index contributed by atoms with van der Waals surface area (Å²) in [6.45, 7) is 3.97. The van der Waals surface area contributed by atoms with E-state index in [-0.39, 0.29) is 24.9 Å². The van der Waals surface area contributed by atoms with E-state index in [2.05, 4.69) is 4.90 Å². The van der Waals surface area contributed by atoms with Crippen LogP contribution in [0.1, 0.15) is 32.1 Å². The average molecular weight is 262 g/mol. The number of carbonyl (C=O) groups is 1. The van der Waals surface area contributed by atoms with Crippen molar-refractivity contribution >= 4 is 18.3 Å². The van der Waals surface area contributed by atoms with Crippen molar-refractivity contribution in [1.29, 1.82) is 0 Å².